The average Bonchev–Trinajstić information content (AvgIpc) is 2.37. The van der Waals surface area contributed by atoms with Crippen molar-refractivity contribution in [2.24, 2.45) is 5.92 Å². The maximum Gasteiger partial charge on any atom is 0.271 e. The number of benzene rings is 1. The largest absolute Gasteiger partial charge is 0.495 e. The monoisotopic (exact) mass is 330 g/mol. The predicted molar refractivity (Wildman–Crippen MR) is 75.8 cm³/mol. The number of halogens is 1. The Labute approximate surface area is 119 Å². The minimum Gasteiger partial charge on any atom is -0.495 e. The van der Waals surface area contributed by atoms with Crippen LogP contribution in [0.1, 0.15) is 13.8 Å². The van der Waals surface area contributed by atoms with Crippen LogP contribution in [0.3, 0.4) is 0 Å². The normalized spacial score (nSPS) is 12.1. The van der Waals surface area contributed by atoms with Crippen molar-refractivity contribution in [2.45, 2.75) is 18.7 Å². The van der Waals surface area contributed by atoms with Crippen LogP contribution in [0.4, 0.5) is 11.4 Å². The lowest BCUT2D eigenvalue weighted by atomic mass is 10.1. The van der Waals surface area contributed by atoms with Crippen LogP contribution >= 0.6 is 15.9 Å². The summed E-state index contributed by atoms with van der Waals surface area (Å²) in [6, 6.07) is 4.05. The summed E-state index contributed by atoms with van der Waals surface area (Å²) < 4.78 is 5.07. The summed E-state index contributed by atoms with van der Waals surface area (Å²) in [5.74, 6) is 0.209. The molecule has 1 N–H and O–H groups in total. The summed E-state index contributed by atoms with van der Waals surface area (Å²) in [6.45, 7) is 3.79. The third-order valence-electron chi connectivity index (χ3n) is 2.49. The standard InChI is InChI=1S/C12H15BrN2O4/c1-7(2)11(13)12(16)14-9-6-8(15(17)18)4-5-10(9)19-3/h4-7,11H,1-3H3,(H,14,16). The summed E-state index contributed by atoms with van der Waals surface area (Å²) in [7, 11) is 1.44. The number of rotatable bonds is 5. The Kier molecular flexibility index (Phi) is 5.29. The van der Waals surface area contributed by atoms with Crippen LogP contribution in [0, 0.1) is 16.0 Å². The fourth-order valence-electron chi connectivity index (χ4n) is 1.41. The molecule has 0 aliphatic heterocycles. The van der Waals surface area contributed by atoms with E-state index >= 15 is 0 Å². The number of ether oxygens (including phenoxy) is 1. The van der Waals surface area contributed by atoms with E-state index in [-0.39, 0.29) is 28.0 Å². The van der Waals surface area contributed by atoms with Crippen molar-refractivity contribution >= 4 is 33.2 Å². The number of anilines is 1. The molecule has 0 saturated carbocycles. The molecule has 0 heterocycles. The van der Waals surface area contributed by atoms with Crippen LogP contribution in [0.2, 0.25) is 0 Å². The smallest absolute Gasteiger partial charge is 0.271 e. The SMILES string of the molecule is COc1ccc([N+](=O)[O-])cc1NC(=O)C(Br)C(C)C. The summed E-state index contributed by atoms with van der Waals surface area (Å²) in [6.07, 6.45) is 0. The van der Waals surface area contributed by atoms with Gasteiger partial charge in [-0.2, -0.15) is 0 Å². The zero-order valence-electron chi connectivity index (χ0n) is 10.8. The maximum atomic E-state index is 11.9. The van der Waals surface area contributed by atoms with E-state index in [0.717, 1.165) is 0 Å². The van der Waals surface area contributed by atoms with Gasteiger partial charge in [-0.15, -0.1) is 0 Å². The lowest BCUT2D eigenvalue weighted by Gasteiger charge is -2.15. The van der Waals surface area contributed by atoms with Crippen molar-refractivity contribution in [3.05, 3.63) is 28.3 Å². The number of nitro groups is 1. The molecule has 1 amide bonds. The fourth-order valence-corrected chi connectivity index (χ4v) is 1.53. The van der Waals surface area contributed by atoms with E-state index in [1.807, 2.05) is 13.8 Å². The second-order valence-corrected chi connectivity index (χ2v) is 5.26. The first kappa shape index (κ1) is 15.4. The number of carbonyl (C=O) groups is 1. The molecule has 19 heavy (non-hydrogen) atoms. The van der Waals surface area contributed by atoms with E-state index in [1.54, 1.807) is 0 Å². The van der Waals surface area contributed by atoms with Gasteiger partial charge in [-0.25, -0.2) is 0 Å². The zero-order chi connectivity index (χ0) is 14.6. The number of non-ortho nitro benzene ring substituents is 1. The third kappa shape index (κ3) is 3.92. The molecule has 0 spiro atoms. The number of alkyl halides is 1. The number of methoxy groups -OCH3 is 1. The Bertz CT molecular complexity index is 491. The predicted octanol–water partition coefficient (Wildman–Crippen LogP) is 2.96. The van der Waals surface area contributed by atoms with Crippen molar-refractivity contribution in [2.75, 3.05) is 12.4 Å². The molecule has 1 rings (SSSR count). The van der Waals surface area contributed by atoms with Crippen molar-refractivity contribution in [3.8, 4) is 5.75 Å². The van der Waals surface area contributed by atoms with Crippen molar-refractivity contribution in [3.63, 3.8) is 0 Å². The Hall–Kier alpha value is -1.63. The number of hydrogen-bond donors (Lipinski definition) is 1. The number of carbonyl (C=O) groups excluding carboxylic acids is 1. The molecule has 0 aromatic heterocycles. The zero-order valence-corrected chi connectivity index (χ0v) is 12.4. The molecule has 1 atom stereocenters. The average molecular weight is 331 g/mol. The van der Waals surface area contributed by atoms with Crippen LogP contribution in [0.5, 0.6) is 5.75 Å². The van der Waals surface area contributed by atoms with Gasteiger partial charge in [0.05, 0.1) is 22.5 Å². The van der Waals surface area contributed by atoms with Gasteiger partial charge >= 0.3 is 0 Å². The highest BCUT2D eigenvalue weighted by atomic mass is 79.9. The van der Waals surface area contributed by atoms with Gasteiger partial charge in [0, 0.05) is 12.1 Å². The van der Waals surface area contributed by atoms with Gasteiger partial charge < -0.3 is 10.1 Å². The van der Waals surface area contributed by atoms with Crippen molar-refractivity contribution in [1.82, 2.24) is 0 Å². The number of nitrogens with zero attached hydrogens (tertiary/aromatic N) is 1. The van der Waals surface area contributed by atoms with E-state index in [2.05, 4.69) is 21.2 Å². The van der Waals surface area contributed by atoms with Crippen LogP contribution in [0.15, 0.2) is 18.2 Å². The number of amides is 1. The highest BCUT2D eigenvalue weighted by Gasteiger charge is 2.21. The number of nitro benzene ring substituents is 1. The number of nitrogens with one attached hydrogen (secondary N) is 1. The lowest BCUT2D eigenvalue weighted by molar-refractivity contribution is -0.384. The quantitative estimate of drug-likeness (QED) is 0.511. The molecule has 0 bridgehead atoms. The topological polar surface area (TPSA) is 81.5 Å². The molecule has 0 radical (unpaired) electrons. The van der Waals surface area contributed by atoms with Gasteiger partial charge in [0.2, 0.25) is 5.91 Å². The van der Waals surface area contributed by atoms with E-state index < -0.39 is 4.92 Å². The van der Waals surface area contributed by atoms with Gasteiger partial charge in [0.15, 0.2) is 0 Å². The first-order valence-corrected chi connectivity index (χ1v) is 6.55. The minimum atomic E-state index is -0.525. The maximum absolute atomic E-state index is 11.9. The molecule has 104 valence electrons. The summed E-state index contributed by atoms with van der Waals surface area (Å²) in [5, 5.41) is 13.3. The summed E-state index contributed by atoms with van der Waals surface area (Å²) in [5.41, 5.74) is 0.179. The van der Waals surface area contributed by atoms with Gasteiger partial charge in [-0.3, -0.25) is 14.9 Å². The van der Waals surface area contributed by atoms with E-state index in [1.165, 1.54) is 25.3 Å². The molecule has 1 aromatic rings. The second kappa shape index (κ2) is 6.51. The van der Waals surface area contributed by atoms with E-state index in [9.17, 15) is 14.9 Å². The summed E-state index contributed by atoms with van der Waals surface area (Å²) in [4.78, 5) is 21.7. The lowest BCUT2D eigenvalue weighted by Crippen LogP contribution is -2.27. The first-order chi connectivity index (χ1) is 8.86. The molecule has 1 unspecified atom stereocenters. The number of hydrogen-bond acceptors (Lipinski definition) is 4. The Morgan fingerprint density at radius 1 is 1.47 bits per heavy atom. The molecule has 1 aromatic carbocycles. The van der Waals surface area contributed by atoms with E-state index in [0.29, 0.717) is 5.75 Å². The van der Waals surface area contributed by atoms with Crippen molar-refractivity contribution in [1.29, 1.82) is 0 Å². The Morgan fingerprint density at radius 3 is 2.58 bits per heavy atom. The molecule has 0 fully saturated rings. The second-order valence-electron chi connectivity index (χ2n) is 4.28. The Morgan fingerprint density at radius 2 is 2.11 bits per heavy atom. The van der Waals surface area contributed by atoms with Crippen molar-refractivity contribution < 1.29 is 14.5 Å². The van der Waals surface area contributed by atoms with Crippen LogP contribution in [-0.4, -0.2) is 22.8 Å². The van der Waals surface area contributed by atoms with Crippen LogP contribution < -0.4 is 10.1 Å². The van der Waals surface area contributed by atoms with Gasteiger partial charge in [0.1, 0.15) is 5.75 Å². The van der Waals surface area contributed by atoms with Gasteiger partial charge in [0.25, 0.3) is 5.69 Å². The highest BCUT2D eigenvalue weighted by Crippen LogP contribution is 2.29. The fraction of sp³-hybridized carbons (Fsp3) is 0.417. The summed E-state index contributed by atoms with van der Waals surface area (Å²) >= 11 is 3.27. The molecule has 0 aliphatic carbocycles. The van der Waals surface area contributed by atoms with Crippen LogP contribution in [0.25, 0.3) is 0 Å². The minimum absolute atomic E-state index is 0.102. The molecule has 6 nitrogen and oxygen atoms in total. The molecule has 0 saturated heterocycles. The van der Waals surface area contributed by atoms with E-state index in [4.69, 9.17) is 4.74 Å². The first-order valence-electron chi connectivity index (χ1n) is 5.64. The molecule has 0 aliphatic rings. The van der Waals surface area contributed by atoms with Gasteiger partial charge in [-0.05, 0) is 12.0 Å². The molecular weight excluding hydrogens is 316 g/mol. The third-order valence-corrected chi connectivity index (χ3v) is 3.96. The highest BCUT2D eigenvalue weighted by molar-refractivity contribution is 9.10. The van der Waals surface area contributed by atoms with Crippen LogP contribution in [-0.2, 0) is 4.79 Å². The Balaban J connectivity index is 3.01. The van der Waals surface area contributed by atoms with Gasteiger partial charge in [-0.1, -0.05) is 29.8 Å². The molecular formula is C12H15BrN2O4. The molecule has 7 heteroatoms.